The van der Waals surface area contributed by atoms with Gasteiger partial charge in [-0.25, -0.2) is 9.18 Å². The first-order chi connectivity index (χ1) is 13.1. The van der Waals surface area contributed by atoms with Crippen LogP contribution in [0.15, 0.2) is 71.5 Å². The Morgan fingerprint density at radius 3 is 2.63 bits per heavy atom. The van der Waals surface area contributed by atoms with Crippen LogP contribution in [0.2, 0.25) is 0 Å². The van der Waals surface area contributed by atoms with Gasteiger partial charge in [-0.2, -0.15) is 0 Å². The van der Waals surface area contributed by atoms with Crippen LogP contribution in [0.1, 0.15) is 11.1 Å². The monoisotopic (exact) mass is 429 g/mol. The molecule has 5 nitrogen and oxygen atoms in total. The molecule has 0 aliphatic heterocycles. The van der Waals surface area contributed by atoms with Gasteiger partial charge in [-0.3, -0.25) is 4.98 Å². The van der Waals surface area contributed by atoms with Gasteiger partial charge in [-0.05, 0) is 63.5 Å². The summed E-state index contributed by atoms with van der Waals surface area (Å²) in [5, 5.41) is 5.54. The first-order valence-electron chi connectivity index (χ1n) is 8.21. The Morgan fingerprint density at radius 2 is 1.93 bits per heavy atom. The van der Waals surface area contributed by atoms with Crippen LogP contribution in [0.25, 0.3) is 0 Å². The van der Waals surface area contributed by atoms with Crippen LogP contribution in [0, 0.1) is 5.82 Å². The Labute approximate surface area is 164 Å². The van der Waals surface area contributed by atoms with Gasteiger partial charge in [0.2, 0.25) is 0 Å². The largest absolute Gasteiger partial charge is 0.488 e. The van der Waals surface area contributed by atoms with Crippen LogP contribution in [0.4, 0.5) is 14.9 Å². The first-order valence-corrected chi connectivity index (χ1v) is 9.00. The van der Waals surface area contributed by atoms with E-state index in [4.69, 9.17) is 4.74 Å². The SMILES string of the molecule is O=C(NCc1cccnc1)Nc1ccc(COc2ccc(F)cc2Br)cc1. The average Bonchev–Trinajstić information content (AvgIpc) is 2.68. The summed E-state index contributed by atoms with van der Waals surface area (Å²) in [5.74, 6) is 0.236. The van der Waals surface area contributed by atoms with E-state index in [0.717, 1.165) is 11.1 Å². The van der Waals surface area contributed by atoms with Crippen molar-refractivity contribution in [3.63, 3.8) is 0 Å². The Balaban J connectivity index is 1.48. The molecule has 0 atom stereocenters. The zero-order chi connectivity index (χ0) is 19.1. The third-order valence-corrected chi connectivity index (χ3v) is 4.30. The lowest BCUT2D eigenvalue weighted by atomic mass is 10.2. The van der Waals surface area contributed by atoms with Crippen LogP contribution < -0.4 is 15.4 Å². The number of ether oxygens (including phenoxy) is 1. The quantitative estimate of drug-likeness (QED) is 0.586. The van der Waals surface area contributed by atoms with Gasteiger partial charge in [0.25, 0.3) is 0 Å². The number of halogens is 2. The molecule has 2 N–H and O–H groups in total. The third kappa shape index (κ3) is 5.79. The summed E-state index contributed by atoms with van der Waals surface area (Å²) >= 11 is 3.27. The van der Waals surface area contributed by atoms with Crippen molar-refractivity contribution < 1.29 is 13.9 Å². The number of anilines is 1. The number of benzene rings is 2. The number of rotatable bonds is 6. The molecule has 2 aromatic carbocycles. The normalized spacial score (nSPS) is 10.3. The van der Waals surface area contributed by atoms with Crippen molar-refractivity contribution in [2.24, 2.45) is 0 Å². The number of aromatic nitrogens is 1. The summed E-state index contributed by atoms with van der Waals surface area (Å²) in [7, 11) is 0. The van der Waals surface area contributed by atoms with Crippen LogP contribution >= 0.6 is 15.9 Å². The summed E-state index contributed by atoms with van der Waals surface area (Å²) < 4.78 is 19.3. The van der Waals surface area contributed by atoms with Gasteiger partial charge in [0, 0.05) is 24.6 Å². The fraction of sp³-hybridized carbons (Fsp3) is 0.100. The molecule has 1 aromatic heterocycles. The molecule has 0 saturated heterocycles. The van der Waals surface area contributed by atoms with E-state index < -0.39 is 0 Å². The molecule has 0 spiro atoms. The molecule has 138 valence electrons. The molecule has 0 aliphatic rings. The molecule has 0 saturated carbocycles. The van der Waals surface area contributed by atoms with Gasteiger partial charge < -0.3 is 15.4 Å². The topological polar surface area (TPSA) is 63.2 Å². The number of hydrogen-bond acceptors (Lipinski definition) is 3. The molecule has 2 amide bonds. The minimum Gasteiger partial charge on any atom is -0.488 e. The second-order valence-corrected chi connectivity index (χ2v) is 6.58. The summed E-state index contributed by atoms with van der Waals surface area (Å²) in [4.78, 5) is 15.9. The molecule has 0 fully saturated rings. The van der Waals surface area contributed by atoms with E-state index in [1.807, 2.05) is 24.3 Å². The standard InChI is InChI=1S/C20H17BrFN3O2/c21-18-10-16(22)5-8-19(18)27-13-14-3-6-17(7-4-14)25-20(26)24-12-15-2-1-9-23-11-15/h1-11H,12-13H2,(H2,24,25,26). The van der Waals surface area contributed by atoms with Crippen LogP contribution in [0.3, 0.4) is 0 Å². The highest BCUT2D eigenvalue weighted by molar-refractivity contribution is 9.10. The van der Waals surface area contributed by atoms with Crippen molar-refractivity contribution in [3.8, 4) is 5.75 Å². The Morgan fingerprint density at radius 1 is 1.11 bits per heavy atom. The molecule has 3 rings (SSSR count). The maximum absolute atomic E-state index is 13.1. The van der Waals surface area contributed by atoms with Crippen LogP contribution in [-0.4, -0.2) is 11.0 Å². The Bertz CT molecular complexity index is 905. The number of carbonyl (C=O) groups excluding carboxylic acids is 1. The van der Waals surface area contributed by atoms with Crippen molar-refractivity contribution in [1.82, 2.24) is 10.3 Å². The molecule has 0 radical (unpaired) electrons. The van der Waals surface area contributed by atoms with Gasteiger partial charge in [0.1, 0.15) is 18.2 Å². The van der Waals surface area contributed by atoms with Gasteiger partial charge in [-0.1, -0.05) is 18.2 Å². The fourth-order valence-corrected chi connectivity index (χ4v) is 2.76. The molecule has 0 aliphatic carbocycles. The van der Waals surface area contributed by atoms with Crippen LogP contribution in [0.5, 0.6) is 5.75 Å². The minimum absolute atomic E-state index is 0.293. The highest BCUT2D eigenvalue weighted by Crippen LogP contribution is 2.26. The summed E-state index contributed by atoms with van der Waals surface area (Å²) in [6.45, 7) is 0.732. The average molecular weight is 430 g/mol. The molecule has 1 heterocycles. The molecule has 0 bridgehead atoms. The summed E-state index contributed by atoms with van der Waals surface area (Å²) in [6.07, 6.45) is 3.39. The second kappa shape index (κ2) is 9.14. The molecular formula is C20H17BrFN3O2. The number of pyridine rings is 1. The number of carbonyl (C=O) groups is 1. The lowest BCUT2D eigenvalue weighted by Gasteiger charge is -2.10. The van der Waals surface area contributed by atoms with E-state index in [0.29, 0.717) is 29.1 Å². The smallest absolute Gasteiger partial charge is 0.319 e. The van der Waals surface area contributed by atoms with E-state index in [9.17, 15) is 9.18 Å². The van der Waals surface area contributed by atoms with Crippen molar-refractivity contribution in [3.05, 3.63) is 88.4 Å². The molecule has 7 heteroatoms. The number of nitrogens with one attached hydrogen (secondary N) is 2. The third-order valence-electron chi connectivity index (χ3n) is 3.68. The highest BCUT2D eigenvalue weighted by atomic mass is 79.9. The maximum atomic E-state index is 13.1. The zero-order valence-electron chi connectivity index (χ0n) is 14.3. The van der Waals surface area contributed by atoms with Gasteiger partial charge in [0.05, 0.1) is 4.47 Å². The number of urea groups is 1. The van der Waals surface area contributed by atoms with Crippen molar-refractivity contribution in [1.29, 1.82) is 0 Å². The minimum atomic E-state index is -0.327. The van der Waals surface area contributed by atoms with E-state index in [1.165, 1.54) is 12.1 Å². The predicted molar refractivity (Wildman–Crippen MR) is 105 cm³/mol. The fourth-order valence-electron chi connectivity index (χ4n) is 2.30. The number of hydrogen-bond donors (Lipinski definition) is 2. The Kier molecular flexibility index (Phi) is 6.38. The maximum Gasteiger partial charge on any atom is 0.319 e. The first kappa shape index (κ1) is 18.8. The molecule has 0 unspecified atom stereocenters. The molecular weight excluding hydrogens is 413 g/mol. The van der Waals surface area contributed by atoms with Crippen molar-refractivity contribution >= 4 is 27.6 Å². The van der Waals surface area contributed by atoms with Crippen molar-refractivity contribution in [2.45, 2.75) is 13.2 Å². The lowest BCUT2D eigenvalue weighted by Crippen LogP contribution is -2.28. The predicted octanol–water partition coefficient (Wildman–Crippen LogP) is 4.88. The van der Waals surface area contributed by atoms with Gasteiger partial charge in [0.15, 0.2) is 0 Å². The number of nitrogens with zero attached hydrogens (tertiary/aromatic N) is 1. The lowest BCUT2D eigenvalue weighted by molar-refractivity contribution is 0.251. The Hall–Kier alpha value is -2.93. The van der Waals surface area contributed by atoms with E-state index in [1.54, 1.807) is 30.6 Å². The van der Waals surface area contributed by atoms with E-state index >= 15 is 0 Å². The number of amides is 2. The van der Waals surface area contributed by atoms with Crippen molar-refractivity contribution in [2.75, 3.05) is 5.32 Å². The molecule has 3 aromatic rings. The highest BCUT2D eigenvalue weighted by Gasteiger charge is 2.05. The van der Waals surface area contributed by atoms with E-state index in [2.05, 4.69) is 31.5 Å². The second-order valence-electron chi connectivity index (χ2n) is 5.73. The summed E-state index contributed by atoms with van der Waals surface area (Å²) in [6, 6.07) is 15.0. The van der Waals surface area contributed by atoms with Gasteiger partial charge >= 0.3 is 6.03 Å². The van der Waals surface area contributed by atoms with Crippen LogP contribution in [-0.2, 0) is 13.2 Å². The summed E-state index contributed by atoms with van der Waals surface area (Å²) in [5.41, 5.74) is 2.52. The zero-order valence-corrected chi connectivity index (χ0v) is 15.9. The van der Waals surface area contributed by atoms with Gasteiger partial charge in [-0.15, -0.1) is 0 Å². The van der Waals surface area contributed by atoms with E-state index in [-0.39, 0.29) is 11.8 Å². The molecule has 27 heavy (non-hydrogen) atoms.